The molecule has 3 N–H and O–H groups in total. The van der Waals surface area contributed by atoms with E-state index in [2.05, 4.69) is 219 Å². The minimum absolute atomic E-state index is 0. The number of methoxy groups -OCH3 is 1. The number of carbonyl (C=O) groups is 2. The molecule has 0 saturated carbocycles. The highest BCUT2D eigenvalue weighted by Gasteiger charge is 2.18. The lowest BCUT2D eigenvalue weighted by molar-refractivity contribution is -0.158. The highest BCUT2D eigenvalue weighted by Crippen LogP contribution is 2.29. The van der Waals surface area contributed by atoms with Crippen LogP contribution >= 0.6 is 0 Å². The van der Waals surface area contributed by atoms with E-state index in [0.29, 0.717) is 101 Å². The molecule has 7 aromatic rings. The molecule has 0 saturated heterocycles. The Balaban J connectivity index is -0.000000460. The van der Waals surface area contributed by atoms with Gasteiger partial charge in [0.1, 0.15) is 51.6 Å². The Bertz CT molecular complexity index is 3980. The van der Waals surface area contributed by atoms with E-state index < -0.39 is 17.7 Å². The summed E-state index contributed by atoms with van der Waals surface area (Å²) in [6.07, 6.45) is 17.5. The molecule has 12 atom stereocenters. The quantitative estimate of drug-likeness (QED) is 0.0108. The highest BCUT2D eigenvalue weighted by atomic mass is 16.7. The standard InChI is InChI=1S/C16H26O3.C16H26O2.C15H24O2.C14H22O2.C12H16O3.C11H18.3C10H14O.3CH4/c1-8-12(2)13(3)9-10-14(4)18-11-15(17)19-16(5,6)7;1-6-13(4)15-7-9-16(10-8-15)18-14(5)17-11-12(2)3;1-5-12(4)13-8-10-14(11-9-13)17-15(6-2)16-7-3;1-5-11(3)13-7-9-14(10-8-13)16-12(4)15-6-2;1-4-9(2)10-5-7-11(8-6-10)15-12(13)14-3;1-6-10(4)11(5)8-7-9(2)3;3*1-3-8(2)9-4-6-10(11)7-5-9;;;/h9-10,12H,3-4,8,11H2,1-2,5-7H3;7-10,12-14H,6,11H2,1-5H3;8-12,15H,5-7H2,1-4H3;7-12H,5-6H2,1-4H3;5-9H,4H2,1-3H3;7-8,10H,2,5-6H2,1,3-4H3;3*4-8,11H,3H2,1-2H3;3*1H4. The Kier molecular flexibility index (Phi) is 75.8. The lowest BCUT2D eigenvalue weighted by Gasteiger charge is -2.19. The average Bonchev–Trinajstić information content (AvgIpc) is 0.881. The summed E-state index contributed by atoms with van der Waals surface area (Å²) in [6.45, 7) is 78.2. The molecule has 0 spiro atoms. The van der Waals surface area contributed by atoms with Gasteiger partial charge in [-0.25, -0.2) is 9.59 Å². The van der Waals surface area contributed by atoms with Crippen molar-refractivity contribution in [3.05, 3.63) is 282 Å². The summed E-state index contributed by atoms with van der Waals surface area (Å²) < 4.78 is 53.0. The number of rotatable bonds is 40. The number of allylic oxidation sites excluding steroid dienone is 7. The number of phenolic OH excluding ortho intramolecular Hbond substituents is 3. The Morgan fingerprint density at radius 3 is 0.879 bits per heavy atom. The maximum atomic E-state index is 11.4. The van der Waals surface area contributed by atoms with Crippen molar-refractivity contribution in [3.63, 3.8) is 0 Å². The molecule has 12 unspecified atom stereocenters. The largest absolute Gasteiger partial charge is 0.513 e. The topological polar surface area (TPSA) is 187 Å². The first-order valence-electron chi connectivity index (χ1n) is 47.3. The maximum Gasteiger partial charge on any atom is 0.513 e. The van der Waals surface area contributed by atoms with Crippen molar-refractivity contribution in [3.8, 4) is 40.2 Å². The molecular weight excluding hydrogens is 1650 g/mol. The molecule has 744 valence electrons. The zero-order valence-corrected chi connectivity index (χ0v) is 85.4. The summed E-state index contributed by atoms with van der Waals surface area (Å²) in [4.78, 5) is 22.2. The van der Waals surface area contributed by atoms with Crippen molar-refractivity contribution in [2.24, 2.45) is 17.8 Å². The van der Waals surface area contributed by atoms with Crippen LogP contribution in [0.5, 0.6) is 40.2 Å². The Morgan fingerprint density at radius 1 is 0.356 bits per heavy atom. The van der Waals surface area contributed by atoms with Gasteiger partial charge < -0.3 is 62.7 Å². The van der Waals surface area contributed by atoms with Gasteiger partial charge in [-0.3, -0.25) is 0 Å². The second-order valence-corrected chi connectivity index (χ2v) is 34.4. The summed E-state index contributed by atoms with van der Waals surface area (Å²) in [5, 5.41) is 27.0. The summed E-state index contributed by atoms with van der Waals surface area (Å²) in [5.74, 6) is 9.87. The molecule has 15 nitrogen and oxygen atoms in total. The van der Waals surface area contributed by atoms with Crippen LogP contribution in [-0.4, -0.2) is 85.5 Å². The van der Waals surface area contributed by atoms with Crippen molar-refractivity contribution in [1.82, 2.24) is 0 Å². The number of carbonyl (C=O) groups excluding carboxylic acids is 2. The second kappa shape index (κ2) is 76.6. The number of phenols is 3. The first-order valence-corrected chi connectivity index (χ1v) is 47.3. The summed E-state index contributed by atoms with van der Waals surface area (Å²) >= 11 is 0. The number of aromatic hydroxyl groups is 3. The normalized spacial score (nSPS) is 13.2. The van der Waals surface area contributed by atoms with Gasteiger partial charge in [-0.15, -0.1) is 0 Å². The van der Waals surface area contributed by atoms with Crippen LogP contribution in [0.4, 0.5) is 4.79 Å². The van der Waals surface area contributed by atoms with Crippen LogP contribution < -0.4 is 18.9 Å². The number of ether oxygens (including phenoxy) is 10. The van der Waals surface area contributed by atoms with E-state index in [9.17, 15) is 9.59 Å². The third-order valence-electron chi connectivity index (χ3n) is 21.8. The van der Waals surface area contributed by atoms with Gasteiger partial charge in [0.25, 0.3) is 0 Å². The lowest BCUT2D eigenvalue weighted by atomic mass is 9.99. The second-order valence-electron chi connectivity index (χ2n) is 34.4. The van der Waals surface area contributed by atoms with Gasteiger partial charge in [0.05, 0.1) is 13.7 Å². The first-order chi connectivity index (χ1) is 61.0. The zero-order chi connectivity index (χ0) is 98.2. The zero-order valence-electron chi connectivity index (χ0n) is 85.4. The summed E-state index contributed by atoms with van der Waals surface area (Å²) in [6, 6.07) is 54.7. The molecule has 7 rings (SSSR count). The summed E-state index contributed by atoms with van der Waals surface area (Å²) in [7, 11) is 1.29. The van der Waals surface area contributed by atoms with E-state index >= 15 is 0 Å². The molecule has 132 heavy (non-hydrogen) atoms. The van der Waals surface area contributed by atoms with Crippen LogP contribution in [-0.2, 0) is 33.2 Å². The van der Waals surface area contributed by atoms with Crippen LogP contribution in [0.2, 0.25) is 0 Å². The minimum atomic E-state index is -0.689. The molecule has 15 heteroatoms. The van der Waals surface area contributed by atoms with Gasteiger partial charge in [-0.05, 0) is 302 Å². The molecule has 0 heterocycles. The van der Waals surface area contributed by atoms with E-state index in [1.165, 1.54) is 51.6 Å². The Hall–Kier alpha value is -9.80. The number of hydrogen-bond donors (Lipinski definition) is 3. The lowest BCUT2D eigenvalue weighted by Crippen LogP contribution is -2.26. The predicted octanol–water partition coefficient (Wildman–Crippen LogP) is 34.6. The van der Waals surface area contributed by atoms with E-state index in [-0.39, 0.29) is 47.8 Å². The van der Waals surface area contributed by atoms with Crippen molar-refractivity contribution in [2.75, 3.05) is 33.5 Å². The van der Waals surface area contributed by atoms with Crippen LogP contribution in [0.15, 0.2) is 243 Å². The average molecular weight is 1830 g/mol. The van der Waals surface area contributed by atoms with Crippen LogP contribution in [0.25, 0.3) is 0 Å². The molecule has 0 amide bonds. The van der Waals surface area contributed by atoms with Gasteiger partial charge >= 0.3 is 12.1 Å². The summed E-state index contributed by atoms with van der Waals surface area (Å²) in [5.41, 5.74) is 12.0. The van der Waals surface area contributed by atoms with Crippen LogP contribution in [0.3, 0.4) is 0 Å². The van der Waals surface area contributed by atoms with Crippen LogP contribution in [0.1, 0.15) is 368 Å². The highest BCUT2D eigenvalue weighted by molar-refractivity contribution is 5.71. The van der Waals surface area contributed by atoms with Crippen molar-refractivity contribution in [2.45, 2.75) is 353 Å². The van der Waals surface area contributed by atoms with Gasteiger partial charge in [0.2, 0.25) is 0 Å². The molecule has 0 fully saturated rings. The third kappa shape index (κ3) is 62.6. The molecule has 0 aromatic heterocycles. The molecule has 0 aliphatic carbocycles. The fraction of sp³-hybridized carbons (Fsp3) is 0.521. The van der Waals surface area contributed by atoms with Crippen molar-refractivity contribution >= 4 is 12.1 Å². The molecule has 7 aromatic carbocycles. The van der Waals surface area contributed by atoms with Gasteiger partial charge in [-0.2, -0.15) is 0 Å². The molecule has 0 bridgehead atoms. The van der Waals surface area contributed by atoms with Gasteiger partial charge in [0, 0.05) is 19.6 Å². The van der Waals surface area contributed by atoms with Crippen molar-refractivity contribution in [1.29, 1.82) is 0 Å². The predicted molar refractivity (Wildman–Crippen MR) is 564 cm³/mol. The molecular formula is C117H186O15. The first kappa shape index (κ1) is 131. The van der Waals surface area contributed by atoms with Crippen molar-refractivity contribution < 1.29 is 72.3 Å². The number of esters is 1. The molecule has 0 radical (unpaired) electrons. The molecule has 0 aliphatic rings. The number of hydrogen-bond acceptors (Lipinski definition) is 15. The van der Waals surface area contributed by atoms with Gasteiger partial charge in [0.15, 0.2) is 25.5 Å². The fourth-order valence-electron chi connectivity index (χ4n) is 11.1. The molecule has 0 aliphatic heterocycles. The van der Waals surface area contributed by atoms with E-state index in [1.54, 1.807) is 54.6 Å². The minimum Gasteiger partial charge on any atom is -0.508 e. The van der Waals surface area contributed by atoms with E-state index in [1.807, 2.05) is 152 Å². The van der Waals surface area contributed by atoms with Crippen LogP contribution in [0, 0.1) is 17.8 Å². The third-order valence-corrected chi connectivity index (χ3v) is 21.8. The van der Waals surface area contributed by atoms with E-state index in [0.717, 1.165) is 99.2 Å². The Morgan fingerprint density at radius 2 is 0.629 bits per heavy atom. The van der Waals surface area contributed by atoms with Gasteiger partial charge in [-0.1, -0.05) is 314 Å². The Labute approximate surface area is 806 Å². The van der Waals surface area contributed by atoms with E-state index in [4.69, 9.17) is 58.0 Å². The maximum absolute atomic E-state index is 11.4. The fourth-order valence-corrected chi connectivity index (χ4v) is 11.1. The smallest absolute Gasteiger partial charge is 0.508 e. The monoisotopic (exact) mass is 1830 g/mol. The number of benzene rings is 7. The SMILES string of the molecule is C.C.C.C=C(C)C=CC(=C)C(C)CC.C=C(C=CC(=C)C(C)CC)OCC(=O)OC(C)(C)C.CCC(C)c1ccc(O)cc1.CCC(C)c1ccc(O)cc1.CCC(C)c1ccc(O)cc1.CCC(C)c1ccc(OC(=O)OC)cc1.CCC(C)c1ccc(OC(C)OCC(C)C)cc1.CCOC(C)Oc1ccc(C(C)CC)cc1.CCOC(CC)Oc1ccc(C(C)CC)cc1.